The van der Waals surface area contributed by atoms with Gasteiger partial charge in [0.1, 0.15) is 5.82 Å². The molecule has 5 nitrogen and oxygen atoms in total. The first-order valence-corrected chi connectivity index (χ1v) is 6.08. The van der Waals surface area contributed by atoms with Gasteiger partial charge < -0.3 is 9.64 Å². The molecule has 1 atom stereocenters. The van der Waals surface area contributed by atoms with Gasteiger partial charge in [-0.2, -0.15) is 9.64 Å². The highest BCUT2D eigenvalue weighted by molar-refractivity contribution is 7.09. The number of ether oxygens (including phenoxy) is 1. The zero-order valence-electron chi connectivity index (χ0n) is 9.38. The summed E-state index contributed by atoms with van der Waals surface area (Å²) in [6.07, 6.45) is -0.347. The Hall–Kier alpha value is -1.19. The van der Waals surface area contributed by atoms with Gasteiger partial charge in [-0.3, -0.25) is 0 Å². The Balaban J connectivity index is 2.08. The summed E-state index contributed by atoms with van der Waals surface area (Å²) in [5, 5.41) is 9.71. The number of morpholine rings is 1. The van der Waals surface area contributed by atoms with Crippen LogP contribution in [-0.4, -0.2) is 35.2 Å². The Bertz CT molecular complexity index is 398. The van der Waals surface area contributed by atoms with Crippen LogP contribution in [0.25, 0.3) is 0 Å². The minimum absolute atomic E-state index is 0.345. The van der Waals surface area contributed by atoms with Gasteiger partial charge in [-0.15, -0.1) is 0 Å². The summed E-state index contributed by atoms with van der Waals surface area (Å²) in [5.74, 6) is 1.22. The van der Waals surface area contributed by atoms with E-state index in [0.29, 0.717) is 19.1 Å². The number of aromatic nitrogens is 2. The molecule has 1 aromatic heterocycles. The number of hydrogen-bond donors (Lipinski definition) is 0. The maximum Gasteiger partial charge on any atom is 0.205 e. The monoisotopic (exact) mass is 238 g/mol. The Morgan fingerprint density at radius 1 is 1.62 bits per heavy atom. The van der Waals surface area contributed by atoms with Gasteiger partial charge in [-0.25, -0.2) is 4.98 Å². The molecule has 0 spiro atoms. The molecule has 0 N–H and O–H groups in total. The first kappa shape index (κ1) is 11.3. The molecule has 0 bridgehead atoms. The smallest absolute Gasteiger partial charge is 0.205 e. The van der Waals surface area contributed by atoms with Crippen LogP contribution >= 0.6 is 11.5 Å². The molecule has 1 unspecified atom stereocenters. The molecule has 0 radical (unpaired) electrons. The minimum Gasteiger partial charge on any atom is -0.360 e. The fraction of sp³-hybridized carbons (Fsp3) is 0.700. The standard InChI is InChI=1S/C10H14N4OS/c1-7(2)9-12-10(16-13-9)14-3-4-15-8(5-11)6-14/h7-8H,3-4,6H2,1-2H3. The SMILES string of the molecule is CC(C)c1nsc(N2CCOC(C#N)C2)n1. The maximum absolute atomic E-state index is 8.81. The third kappa shape index (κ3) is 2.31. The molecule has 1 aromatic rings. The van der Waals surface area contributed by atoms with E-state index in [4.69, 9.17) is 10.00 Å². The predicted octanol–water partition coefficient (Wildman–Crippen LogP) is 1.39. The van der Waals surface area contributed by atoms with E-state index >= 15 is 0 Å². The highest BCUT2D eigenvalue weighted by Gasteiger charge is 2.23. The number of nitriles is 1. The van der Waals surface area contributed by atoms with Crippen molar-refractivity contribution >= 4 is 16.7 Å². The van der Waals surface area contributed by atoms with Crippen LogP contribution in [0.5, 0.6) is 0 Å². The molecule has 6 heteroatoms. The molecule has 0 saturated carbocycles. The second-order valence-corrected chi connectivity index (χ2v) is 4.75. The van der Waals surface area contributed by atoms with Gasteiger partial charge in [-0.05, 0) is 0 Å². The average Bonchev–Trinajstić information content (AvgIpc) is 2.78. The Morgan fingerprint density at radius 3 is 3.06 bits per heavy atom. The molecule has 0 aliphatic carbocycles. The quantitative estimate of drug-likeness (QED) is 0.779. The van der Waals surface area contributed by atoms with Gasteiger partial charge in [0, 0.05) is 24.0 Å². The summed E-state index contributed by atoms with van der Waals surface area (Å²) in [5.41, 5.74) is 0. The molecule has 2 rings (SSSR count). The number of rotatable bonds is 2. The number of anilines is 1. The zero-order chi connectivity index (χ0) is 11.5. The third-order valence-electron chi connectivity index (χ3n) is 2.43. The van der Waals surface area contributed by atoms with Crippen LogP contribution in [0.4, 0.5) is 5.13 Å². The molecule has 0 aromatic carbocycles. The summed E-state index contributed by atoms with van der Waals surface area (Å²) >= 11 is 1.40. The second-order valence-electron chi connectivity index (χ2n) is 4.02. The fourth-order valence-corrected chi connectivity index (χ4v) is 2.33. The van der Waals surface area contributed by atoms with E-state index in [-0.39, 0.29) is 6.10 Å². The van der Waals surface area contributed by atoms with Crippen molar-refractivity contribution in [3.63, 3.8) is 0 Å². The van der Waals surface area contributed by atoms with Crippen molar-refractivity contribution in [2.45, 2.75) is 25.9 Å². The van der Waals surface area contributed by atoms with Gasteiger partial charge >= 0.3 is 0 Å². The van der Waals surface area contributed by atoms with E-state index in [1.54, 1.807) is 0 Å². The van der Waals surface area contributed by atoms with Crippen molar-refractivity contribution in [2.24, 2.45) is 0 Å². The normalized spacial score (nSPS) is 21.1. The molecular weight excluding hydrogens is 224 g/mol. The molecule has 16 heavy (non-hydrogen) atoms. The van der Waals surface area contributed by atoms with E-state index in [1.807, 2.05) is 0 Å². The van der Waals surface area contributed by atoms with Crippen LogP contribution in [0.2, 0.25) is 0 Å². The van der Waals surface area contributed by atoms with E-state index in [2.05, 4.69) is 34.2 Å². The first-order valence-electron chi connectivity index (χ1n) is 5.30. The highest BCUT2D eigenvalue weighted by Crippen LogP contribution is 2.22. The van der Waals surface area contributed by atoms with Gasteiger partial charge in [0.05, 0.1) is 19.2 Å². The van der Waals surface area contributed by atoms with Crippen molar-refractivity contribution in [2.75, 3.05) is 24.6 Å². The highest BCUT2D eigenvalue weighted by atomic mass is 32.1. The Kier molecular flexibility index (Phi) is 3.36. The number of nitrogens with zero attached hydrogens (tertiary/aromatic N) is 4. The lowest BCUT2D eigenvalue weighted by molar-refractivity contribution is 0.0764. The Morgan fingerprint density at radius 2 is 2.44 bits per heavy atom. The summed E-state index contributed by atoms with van der Waals surface area (Å²) < 4.78 is 9.59. The lowest BCUT2D eigenvalue weighted by atomic mass is 10.2. The van der Waals surface area contributed by atoms with Gasteiger partial charge in [0.25, 0.3) is 0 Å². The van der Waals surface area contributed by atoms with Crippen molar-refractivity contribution in [1.29, 1.82) is 5.26 Å². The molecule has 0 amide bonds. The van der Waals surface area contributed by atoms with E-state index in [0.717, 1.165) is 17.5 Å². The van der Waals surface area contributed by atoms with Crippen molar-refractivity contribution in [3.05, 3.63) is 5.82 Å². The topological polar surface area (TPSA) is 62.0 Å². The van der Waals surface area contributed by atoms with E-state index in [1.165, 1.54) is 11.5 Å². The first-order chi connectivity index (χ1) is 7.70. The van der Waals surface area contributed by atoms with Crippen molar-refractivity contribution < 1.29 is 4.74 Å². The van der Waals surface area contributed by atoms with Crippen LogP contribution in [0.15, 0.2) is 0 Å². The van der Waals surface area contributed by atoms with Crippen LogP contribution in [0, 0.1) is 11.3 Å². The van der Waals surface area contributed by atoms with Crippen molar-refractivity contribution in [1.82, 2.24) is 9.36 Å². The zero-order valence-corrected chi connectivity index (χ0v) is 10.2. The van der Waals surface area contributed by atoms with Crippen LogP contribution in [0.3, 0.4) is 0 Å². The molecule has 86 valence electrons. The predicted molar refractivity (Wildman–Crippen MR) is 61.6 cm³/mol. The van der Waals surface area contributed by atoms with Crippen LogP contribution < -0.4 is 4.90 Å². The average molecular weight is 238 g/mol. The van der Waals surface area contributed by atoms with Crippen LogP contribution in [-0.2, 0) is 4.74 Å². The van der Waals surface area contributed by atoms with Gasteiger partial charge in [0.15, 0.2) is 6.10 Å². The summed E-state index contributed by atoms with van der Waals surface area (Å²) in [7, 11) is 0. The Labute approximate surface area is 98.8 Å². The van der Waals surface area contributed by atoms with E-state index in [9.17, 15) is 0 Å². The lowest BCUT2D eigenvalue weighted by Gasteiger charge is -2.28. The van der Waals surface area contributed by atoms with Gasteiger partial charge in [-0.1, -0.05) is 13.8 Å². The molecular formula is C10H14N4OS. The lowest BCUT2D eigenvalue weighted by Crippen LogP contribution is -2.41. The molecule has 2 heterocycles. The number of hydrogen-bond acceptors (Lipinski definition) is 6. The van der Waals surface area contributed by atoms with Gasteiger partial charge in [0.2, 0.25) is 5.13 Å². The fourth-order valence-electron chi connectivity index (χ4n) is 1.49. The largest absolute Gasteiger partial charge is 0.360 e. The maximum atomic E-state index is 8.81. The molecule has 1 fully saturated rings. The second kappa shape index (κ2) is 4.76. The van der Waals surface area contributed by atoms with Crippen molar-refractivity contribution in [3.8, 4) is 6.07 Å². The molecule has 1 saturated heterocycles. The summed E-state index contributed by atoms with van der Waals surface area (Å²) in [6, 6.07) is 2.13. The summed E-state index contributed by atoms with van der Waals surface area (Å²) in [4.78, 5) is 6.54. The summed E-state index contributed by atoms with van der Waals surface area (Å²) in [6.45, 7) is 6.09. The van der Waals surface area contributed by atoms with Crippen LogP contribution in [0.1, 0.15) is 25.6 Å². The molecule has 1 aliphatic rings. The van der Waals surface area contributed by atoms with E-state index < -0.39 is 0 Å². The molecule has 1 aliphatic heterocycles. The minimum atomic E-state index is -0.347. The third-order valence-corrected chi connectivity index (χ3v) is 3.22.